The minimum atomic E-state index is -3.66. The molecular formula is C18H24ClN3O4S. The number of amides is 1. The molecule has 0 aliphatic heterocycles. The molecule has 0 spiro atoms. The summed E-state index contributed by atoms with van der Waals surface area (Å²) in [6.45, 7) is 0.442. The van der Waals surface area contributed by atoms with Gasteiger partial charge in [-0.3, -0.25) is 9.52 Å². The number of halogens is 1. The van der Waals surface area contributed by atoms with E-state index in [4.69, 9.17) is 10.5 Å². The molecule has 0 radical (unpaired) electrons. The molecule has 7 nitrogen and oxygen atoms in total. The lowest BCUT2D eigenvalue weighted by atomic mass is 10.2. The number of carbonyl (C=O) groups is 1. The zero-order valence-electron chi connectivity index (χ0n) is 15.2. The second-order valence-corrected chi connectivity index (χ2v) is 7.56. The summed E-state index contributed by atoms with van der Waals surface area (Å²) in [4.78, 5) is 13.8. The van der Waals surface area contributed by atoms with Crippen molar-refractivity contribution in [1.29, 1.82) is 0 Å². The molecule has 0 saturated carbocycles. The number of methoxy groups -OCH3 is 1. The molecule has 148 valence electrons. The van der Waals surface area contributed by atoms with Gasteiger partial charge in [0.15, 0.2) is 0 Å². The van der Waals surface area contributed by atoms with Crippen LogP contribution in [0.4, 0.5) is 5.69 Å². The van der Waals surface area contributed by atoms with Crippen molar-refractivity contribution in [3.8, 4) is 0 Å². The van der Waals surface area contributed by atoms with Gasteiger partial charge < -0.3 is 15.4 Å². The Bertz CT molecular complexity index is 847. The van der Waals surface area contributed by atoms with Crippen LogP contribution in [0.15, 0.2) is 59.5 Å². The van der Waals surface area contributed by atoms with Gasteiger partial charge in [-0.05, 0) is 29.8 Å². The van der Waals surface area contributed by atoms with E-state index in [1.807, 2.05) is 6.07 Å². The Kier molecular flexibility index (Phi) is 8.71. The molecule has 0 heterocycles. The standard InChI is InChI=1S/C18H23N3O4S.ClH/c1-21(18(22)17(19)13-25-2)12-14-7-6-8-15(11-14)20-26(23,24)16-9-4-3-5-10-16;/h3-11,17,20H,12-13,19H2,1-2H3;1H. The first kappa shape index (κ1) is 22.9. The van der Waals surface area contributed by atoms with Crippen LogP contribution >= 0.6 is 12.4 Å². The van der Waals surface area contributed by atoms with Crippen molar-refractivity contribution in [2.45, 2.75) is 17.5 Å². The SMILES string of the molecule is COCC(N)C(=O)N(C)Cc1cccc(NS(=O)(=O)c2ccccc2)c1.Cl. The lowest BCUT2D eigenvalue weighted by Crippen LogP contribution is -2.44. The number of benzene rings is 2. The molecule has 0 saturated heterocycles. The van der Waals surface area contributed by atoms with E-state index in [1.54, 1.807) is 43.4 Å². The third-order valence-corrected chi connectivity index (χ3v) is 5.09. The molecule has 2 aromatic rings. The van der Waals surface area contributed by atoms with Crippen LogP contribution in [-0.2, 0) is 26.1 Å². The van der Waals surface area contributed by atoms with Crippen LogP contribution in [0.3, 0.4) is 0 Å². The van der Waals surface area contributed by atoms with Crippen LogP contribution in [-0.4, -0.2) is 46.0 Å². The number of anilines is 1. The summed E-state index contributed by atoms with van der Waals surface area (Å²) in [6.07, 6.45) is 0. The maximum atomic E-state index is 12.4. The molecule has 1 unspecified atom stereocenters. The summed E-state index contributed by atoms with van der Waals surface area (Å²) in [5, 5.41) is 0. The van der Waals surface area contributed by atoms with Crippen LogP contribution < -0.4 is 10.5 Å². The van der Waals surface area contributed by atoms with Crippen LogP contribution in [0.2, 0.25) is 0 Å². The molecule has 9 heteroatoms. The number of carbonyl (C=O) groups excluding carboxylic acids is 1. The first-order chi connectivity index (χ1) is 12.3. The molecule has 1 atom stereocenters. The quantitative estimate of drug-likeness (QED) is 0.687. The molecule has 0 fully saturated rings. The summed E-state index contributed by atoms with van der Waals surface area (Å²) < 4.78 is 32.2. The monoisotopic (exact) mass is 413 g/mol. The summed E-state index contributed by atoms with van der Waals surface area (Å²) in [7, 11) is -0.544. The Labute approximate surface area is 166 Å². The Morgan fingerprint density at radius 2 is 1.85 bits per heavy atom. The Hall–Kier alpha value is -2.13. The lowest BCUT2D eigenvalue weighted by Gasteiger charge is -2.21. The number of hydrogen-bond acceptors (Lipinski definition) is 5. The van der Waals surface area contributed by atoms with Gasteiger partial charge in [0.05, 0.1) is 11.5 Å². The van der Waals surface area contributed by atoms with Gasteiger partial charge in [-0.1, -0.05) is 30.3 Å². The summed E-state index contributed by atoms with van der Waals surface area (Å²) in [5.41, 5.74) is 6.95. The van der Waals surface area contributed by atoms with Crippen LogP contribution in [0.1, 0.15) is 5.56 Å². The Morgan fingerprint density at radius 3 is 2.48 bits per heavy atom. The fourth-order valence-electron chi connectivity index (χ4n) is 2.43. The predicted molar refractivity (Wildman–Crippen MR) is 107 cm³/mol. The summed E-state index contributed by atoms with van der Waals surface area (Å²) >= 11 is 0. The second-order valence-electron chi connectivity index (χ2n) is 5.88. The zero-order valence-corrected chi connectivity index (χ0v) is 16.8. The van der Waals surface area contributed by atoms with E-state index < -0.39 is 16.1 Å². The number of nitrogens with two attached hydrogens (primary N) is 1. The van der Waals surface area contributed by atoms with Gasteiger partial charge in [0.25, 0.3) is 10.0 Å². The minimum Gasteiger partial charge on any atom is -0.383 e. The highest BCUT2D eigenvalue weighted by Gasteiger charge is 2.18. The first-order valence-electron chi connectivity index (χ1n) is 8.00. The molecule has 3 N–H and O–H groups in total. The number of likely N-dealkylation sites (N-methyl/N-ethyl adjacent to an activating group) is 1. The van der Waals surface area contributed by atoms with Crippen LogP contribution in [0, 0.1) is 0 Å². The van der Waals surface area contributed by atoms with Gasteiger partial charge in [0.2, 0.25) is 5.91 Å². The highest BCUT2D eigenvalue weighted by molar-refractivity contribution is 7.92. The van der Waals surface area contributed by atoms with Gasteiger partial charge >= 0.3 is 0 Å². The van der Waals surface area contributed by atoms with Crippen LogP contribution in [0.5, 0.6) is 0 Å². The van der Waals surface area contributed by atoms with Crippen molar-refractivity contribution in [1.82, 2.24) is 4.90 Å². The third-order valence-electron chi connectivity index (χ3n) is 3.69. The molecule has 2 aromatic carbocycles. The molecule has 0 bridgehead atoms. The summed E-state index contributed by atoms with van der Waals surface area (Å²) in [5.74, 6) is -0.248. The van der Waals surface area contributed by atoms with Crippen molar-refractivity contribution in [3.05, 3.63) is 60.2 Å². The number of nitrogens with zero attached hydrogens (tertiary/aromatic N) is 1. The van der Waals surface area contributed by atoms with Gasteiger partial charge in [0.1, 0.15) is 6.04 Å². The Morgan fingerprint density at radius 1 is 1.19 bits per heavy atom. The minimum absolute atomic E-state index is 0. The van der Waals surface area contributed by atoms with Gasteiger partial charge in [0, 0.05) is 26.4 Å². The molecule has 0 aliphatic carbocycles. The average Bonchev–Trinajstić information content (AvgIpc) is 2.62. The number of rotatable bonds is 8. The van der Waals surface area contributed by atoms with E-state index in [0.717, 1.165) is 5.56 Å². The molecule has 0 aromatic heterocycles. The number of nitrogens with one attached hydrogen (secondary N) is 1. The van der Waals surface area contributed by atoms with Gasteiger partial charge in [-0.15, -0.1) is 12.4 Å². The summed E-state index contributed by atoms with van der Waals surface area (Å²) in [6, 6.07) is 14.3. The normalized spacial score (nSPS) is 12.0. The average molecular weight is 414 g/mol. The smallest absolute Gasteiger partial charge is 0.261 e. The number of sulfonamides is 1. The van der Waals surface area contributed by atoms with E-state index in [1.165, 1.54) is 24.1 Å². The lowest BCUT2D eigenvalue weighted by molar-refractivity contribution is -0.132. The number of hydrogen-bond donors (Lipinski definition) is 2. The van der Waals surface area contributed by atoms with E-state index >= 15 is 0 Å². The van der Waals surface area contributed by atoms with Crippen molar-refractivity contribution < 1.29 is 17.9 Å². The van der Waals surface area contributed by atoms with Gasteiger partial charge in [-0.2, -0.15) is 0 Å². The van der Waals surface area contributed by atoms with Crippen molar-refractivity contribution in [3.63, 3.8) is 0 Å². The molecule has 0 aliphatic rings. The van der Waals surface area contributed by atoms with E-state index in [2.05, 4.69) is 4.72 Å². The predicted octanol–water partition coefficient (Wildman–Crippen LogP) is 1.84. The fraction of sp³-hybridized carbons (Fsp3) is 0.278. The van der Waals surface area contributed by atoms with E-state index in [0.29, 0.717) is 12.2 Å². The molecule has 2 rings (SSSR count). The second kappa shape index (κ2) is 10.3. The topological polar surface area (TPSA) is 102 Å². The van der Waals surface area contributed by atoms with Crippen molar-refractivity contribution in [2.24, 2.45) is 5.73 Å². The maximum Gasteiger partial charge on any atom is 0.261 e. The van der Waals surface area contributed by atoms with E-state index in [-0.39, 0.29) is 29.8 Å². The number of ether oxygens (including phenoxy) is 1. The van der Waals surface area contributed by atoms with Gasteiger partial charge in [-0.25, -0.2) is 8.42 Å². The first-order valence-corrected chi connectivity index (χ1v) is 9.48. The highest BCUT2D eigenvalue weighted by atomic mass is 35.5. The van der Waals surface area contributed by atoms with Crippen molar-refractivity contribution >= 4 is 34.0 Å². The Balaban J connectivity index is 0.00000364. The fourth-order valence-corrected chi connectivity index (χ4v) is 3.50. The largest absolute Gasteiger partial charge is 0.383 e. The zero-order chi connectivity index (χ0) is 19.2. The van der Waals surface area contributed by atoms with Crippen LogP contribution in [0.25, 0.3) is 0 Å². The highest BCUT2D eigenvalue weighted by Crippen LogP contribution is 2.18. The molecule has 1 amide bonds. The molecular weight excluding hydrogens is 390 g/mol. The third kappa shape index (κ3) is 6.51. The van der Waals surface area contributed by atoms with Crippen molar-refractivity contribution in [2.75, 3.05) is 25.5 Å². The maximum absolute atomic E-state index is 12.4. The molecule has 27 heavy (non-hydrogen) atoms. The van der Waals surface area contributed by atoms with E-state index in [9.17, 15) is 13.2 Å².